The molecular weight excluding hydrogens is 99.0 g/mol. The van der Waals surface area contributed by atoms with Crippen LogP contribution in [0.3, 0.4) is 0 Å². The Kier molecular flexibility index (Phi) is 25.1. The van der Waals surface area contributed by atoms with Crippen LogP contribution in [0.2, 0.25) is 0 Å². The van der Waals surface area contributed by atoms with Gasteiger partial charge in [-0.15, -0.1) is 0 Å². The van der Waals surface area contributed by atoms with Gasteiger partial charge in [-0.3, -0.25) is 0 Å². The molecule has 0 aromatic heterocycles. The maximum atomic E-state index is 5.84. The van der Waals surface area contributed by atoms with Crippen molar-refractivity contribution in [1.29, 1.82) is 8.82 Å². The Morgan fingerprint density at radius 1 is 1.25 bits per heavy atom. The van der Waals surface area contributed by atoms with Gasteiger partial charge < -0.3 is 0 Å². The van der Waals surface area contributed by atoms with Gasteiger partial charge in [-0.2, -0.15) is 0 Å². The van der Waals surface area contributed by atoms with Crippen LogP contribution in [0.4, 0.5) is 0 Å². The van der Waals surface area contributed by atoms with Crippen LogP contribution >= 0.6 is 0 Å². The molecule has 0 rings (SSSR count). The summed E-state index contributed by atoms with van der Waals surface area (Å²) < 4.78 is 11.7. The van der Waals surface area contributed by atoms with E-state index in [9.17, 15) is 0 Å². The van der Waals surface area contributed by atoms with Crippen molar-refractivity contribution in [2.75, 3.05) is 0 Å². The average molecular weight is 104 g/mol. The molecule has 0 atom stereocenters. The van der Waals surface area contributed by atoms with Gasteiger partial charge in [0.25, 0.3) is 0 Å². The summed E-state index contributed by atoms with van der Waals surface area (Å²) in [5, 5.41) is 0. The molecule has 0 amide bonds. The molecule has 0 bridgehead atoms. The number of hydrogen-bond donors (Lipinski definition) is 2. The fraction of sp³-hybridized carbons (Fsp3) is 0. The monoisotopic (exact) mass is 104 g/mol. The Bertz CT molecular complexity index is 27.0. The minimum absolute atomic E-state index is 0. The molecule has 1 radical (unpaired) electrons. The van der Waals surface area contributed by atoms with Crippen LogP contribution in [0.5, 0.6) is 0 Å². The van der Waals surface area contributed by atoms with Gasteiger partial charge >= 0.3 is 23.1 Å². The van der Waals surface area contributed by atoms with Crippen molar-refractivity contribution in [3.63, 3.8) is 0 Å². The molecule has 0 saturated carbocycles. The molecule has 0 aliphatic rings. The van der Waals surface area contributed by atoms with Crippen molar-refractivity contribution in [3.8, 4) is 0 Å². The van der Waals surface area contributed by atoms with E-state index < -0.39 is 0 Å². The van der Waals surface area contributed by atoms with E-state index in [1.54, 1.807) is 0 Å². The summed E-state index contributed by atoms with van der Waals surface area (Å²) >= 11 is -0.0625. The summed E-state index contributed by atoms with van der Waals surface area (Å²) in [5.41, 5.74) is 0. The molecule has 0 aromatic rings. The first-order valence-electron chi connectivity index (χ1n) is 0.333. The SMILES string of the molecule is [CH3].[NH]=[Co]=[NH]. The molecule has 0 fully saturated rings. The summed E-state index contributed by atoms with van der Waals surface area (Å²) in [5.74, 6) is 0. The molecular formula is CH5CoN2. The van der Waals surface area contributed by atoms with E-state index in [-0.39, 0.29) is 21.7 Å². The minimum atomic E-state index is -0.0625. The van der Waals surface area contributed by atoms with Gasteiger partial charge in [-0.05, 0) is 0 Å². The molecule has 2 nitrogen and oxygen atoms in total. The topological polar surface area (TPSA) is 47.7 Å². The Labute approximate surface area is 31.4 Å². The molecule has 28 valence electrons. The summed E-state index contributed by atoms with van der Waals surface area (Å²) in [7, 11) is 0. The molecule has 0 saturated heterocycles. The summed E-state index contributed by atoms with van der Waals surface area (Å²) in [6.45, 7) is 0. The van der Waals surface area contributed by atoms with E-state index in [2.05, 4.69) is 0 Å². The van der Waals surface area contributed by atoms with Gasteiger partial charge in [-0.25, -0.2) is 0 Å². The second-order valence-corrected chi connectivity index (χ2v) is 0.344. The van der Waals surface area contributed by atoms with Gasteiger partial charge in [0.1, 0.15) is 0 Å². The van der Waals surface area contributed by atoms with E-state index in [0.717, 1.165) is 0 Å². The van der Waals surface area contributed by atoms with Crippen LogP contribution in [-0.4, -0.2) is 0 Å². The maximum absolute atomic E-state index is 5.84. The van der Waals surface area contributed by atoms with E-state index >= 15 is 0 Å². The van der Waals surface area contributed by atoms with Crippen LogP contribution in [0.25, 0.3) is 0 Å². The zero-order valence-electron chi connectivity index (χ0n) is 2.33. The van der Waals surface area contributed by atoms with Crippen LogP contribution < -0.4 is 0 Å². The average Bonchev–Trinajstić information content (AvgIpc) is 0.918. The Morgan fingerprint density at radius 3 is 1.25 bits per heavy atom. The molecule has 0 heterocycles. The fourth-order valence-corrected chi connectivity index (χ4v) is 0. The van der Waals surface area contributed by atoms with E-state index in [0.29, 0.717) is 0 Å². The van der Waals surface area contributed by atoms with E-state index in [1.165, 1.54) is 0 Å². The predicted molar refractivity (Wildman–Crippen MR) is 11.9 cm³/mol. The van der Waals surface area contributed by atoms with Crippen LogP contribution in [0.1, 0.15) is 0 Å². The first kappa shape index (κ1) is 8.93. The number of hydrogen-bond acceptors (Lipinski definition) is 2. The van der Waals surface area contributed by atoms with Gasteiger partial charge in [0.2, 0.25) is 0 Å². The second-order valence-electron chi connectivity index (χ2n) is 0.0833. The van der Waals surface area contributed by atoms with Gasteiger partial charge in [-0.1, -0.05) is 7.43 Å². The van der Waals surface area contributed by atoms with Crippen molar-refractivity contribution in [3.05, 3.63) is 7.43 Å². The molecule has 0 unspecified atom stereocenters. The molecule has 0 aliphatic carbocycles. The zero-order chi connectivity index (χ0) is 2.71. The van der Waals surface area contributed by atoms with Crippen molar-refractivity contribution >= 4 is 0 Å². The van der Waals surface area contributed by atoms with Gasteiger partial charge in [0, 0.05) is 0 Å². The molecule has 0 aromatic carbocycles. The van der Waals surface area contributed by atoms with Crippen molar-refractivity contribution in [2.45, 2.75) is 0 Å². The van der Waals surface area contributed by atoms with Crippen LogP contribution in [-0.2, 0) is 14.3 Å². The second kappa shape index (κ2) is 11.3. The number of rotatable bonds is 0. The third-order valence-corrected chi connectivity index (χ3v) is 0. The Balaban J connectivity index is 0. The van der Waals surface area contributed by atoms with E-state index in [4.69, 9.17) is 8.82 Å². The third-order valence-electron chi connectivity index (χ3n) is 0. The summed E-state index contributed by atoms with van der Waals surface area (Å²) in [4.78, 5) is 0. The molecule has 2 N–H and O–H groups in total. The first-order valence-corrected chi connectivity index (χ1v) is 1.37. The summed E-state index contributed by atoms with van der Waals surface area (Å²) in [6, 6.07) is 0. The van der Waals surface area contributed by atoms with Gasteiger partial charge in [0.15, 0.2) is 0 Å². The quantitative estimate of drug-likeness (QED) is 0.461. The van der Waals surface area contributed by atoms with Crippen LogP contribution in [0.15, 0.2) is 0 Å². The summed E-state index contributed by atoms with van der Waals surface area (Å²) in [6.07, 6.45) is 0. The van der Waals surface area contributed by atoms with Crippen LogP contribution in [0, 0.1) is 16.3 Å². The normalized spacial score (nSPS) is 4.00. The standard InChI is InChI=1S/CH3.Co.2HN/h1H3;;2*1H. The first-order chi connectivity index (χ1) is 1.41. The van der Waals surface area contributed by atoms with Gasteiger partial charge in [0.05, 0.1) is 0 Å². The molecule has 0 aliphatic heterocycles. The Morgan fingerprint density at radius 2 is 1.25 bits per heavy atom. The third kappa shape index (κ3) is 227. The van der Waals surface area contributed by atoms with Crippen molar-refractivity contribution < 1.29 is 14.3 Å². The predicted octanol–water partition coefficient (Wildman–Crippen LogP) is 1.04. The number of nitrogens with one attached hydrogen (secondary N) is 2. The zero-order valence-corrected chi connectivity index (χ0v) is 3.37. The molecule has 0 spiro atoms. The molecule has 4 heavy (non-hydrogen) atoms. The van der Waals surface area contributed by atoms with Crippen molar-refractivity contribution in [1.82, 2.24) is 0 Å². The van der Waals surface area contributed by atoms with Crippen molar-refractivity contribution in [2.24, 2.45) is 0 Å². The molecule has 3 heteroatoms. The Hall–Kier alpha value is 0.106. The fourth-order valence-electron chi connectivity index (χ4n) is 0. The van der Waals surface area contributed by atoms with E-state index in [1.807, 2.05) is 0 Å².